The molecule has 0 bridgehead atoms. The van der Waals surface area contributed by atoms with Crippen LogP contribution >= 0.6 is 0 Å². The maximum Gasteiger partial charge on any atom is 0.220 e. The van der Waals surface area contributed by atoms with Crippen LogP contribution in [0.3, 0.4) is 0 Å². The molecule has 112 valence electrons. The smallest absolute Gasteiger partial charge is 0.220 e. The molecule has 6 heteroatoms. The molecule has 2 aromatic heterocycles. The number of nitrogens with zero attached hydrogens (tertiary/aromatic N) is 3. The lowest BCUT2D eigenvalue weighted by atomic mass is 10.1. The van der Waals surface area contributed by atoms with Crippen LogP contribution in [0.25, 0.3) is 11.1 Å². The summed E-state index contributed by atoms with van der Waals surface area (Å²) in [6.45, 7) is 0. The Morgan fingerprint density at radius 2 is 1.83 bits per heavy atom. The Hall–Kier alpha value is -3.33. The fourth-order valence-corrected chi connectivity index (χ4v) is 1.96. The third-order valence-corrected chi connectivity index (χ3v) is 3.03. The maximum atomic E-state index is 13.3. The Morgan fingerprint density at radius 1 is 0.957 bits per heavy atom. The number of pyridine rings is 2. The SMILES string of the molecule is N#Cc1cccc(Oc2cncc(-c3ccc(F)c(F)c3)c2)n1. The fourth-order valence-electron chi connectivity index (χ4n) is 1.96. The number of aromatic nitrogens is 2. The van der Waals surface area contributed by atoms with E-state index in [0.717, 1.165) is 12.1 Å². The Kier molecular flexibility index (Phi) is 3.93. The summed E-state index contributed by atoms with van der Waals surface area (Å²) in [5.74, 6) is -1.23. The molecule has 4 nitrogen and oxygen atoms in total. The van der Waals surface area contributed by atoms with Crippen molar-refractivity contribution in [3.8, 4) is 28.8 Å². The number of hydrogen-bond acceptors (Lipinski definition) is 4. The van der Waals surface area contributed by atoms with Crippen LogP contribution in [0.5, 0.6) is 11.6 Å². The van der Waals surface area contributed by atoms with Crippen LogP contribution in [-0.4, -0.2) is 9.97 Å². The monoisotopic (exact) mass is 309 g/mol. The van der Waals surface area contributed by atoms with Gasteiger partial charge in [0.05, 0.1) is 6.20 Å². The highest BCUT2D eigenvalue weighted by Crippen LogP contribution is 2.26. The molecule has 0 aliphatic heterocycles. The van der Waals surface area contributed by atoms with Gasteiger partial charge in [-0.1, -0.05) is 12.1 Å². The molecule has 0 amide bonds. The van der Waals surface area contributed by atoms with Crippen molar-refractivity contribution < 1.29 is 13.5 Å². The second-order valence-electron chi connectivity index (χ2n) is 4.61. The second-order valence-corrected chi connectivity index (χ2v) is 4.61. The van der Waals surface area contributed by atoms with Crippen LogP contribution in [0.15, 0.2) is 54.9 Å². The van der Waals surface area contributed by atoms with Crippen molar-refractivity contribution in [2.75, 3.05) is 0 Å². The third-order valence-electron chi connectivity index (χ3n) is 3.03. The predicted octanol–water partition coefficient (Wildman–Crippen LogP) is 4.09. The number of halogens is 2. The Labute approximate surface area is 130 Å². The molecule has 0 saturated heterocycles. The van der Waals surface area contributed by atoms with Gasteiger partial charge in [-0.2, -0.15) is 5.26 Å². The highest BCUT2D eigenvalue weighted by Gasteiger charge is 2.07. The standard InChI is InChI=1S/C17H9F2N3O/c18-15-5-4-11(7-16(15)19)12-6-14(10-21-9-12)23-17-3-1-2-13(8-20)22-17/h1-7,9-10H. The van der Waals surface area contributed by atoms with Crippen LogP contribution in [-0.2, 0) is 0 Å². The topological polar surface area (TPSA) is 58.8 Å². The molecule has 23 heavy (non-hydrogen) atoms. The molecule has 0 unspecified atom stereocenters. The number of hydrogen-bond donors (Lipinski definition) is 0. The first kappa shape index (κ1) is 14.6. The third kappa shape index (κ3) is 3.30. The van der Waals surface area contributed by atoms with Gasteiger partial charge in [0.25, 0.3) is 0 Å². The quantitative estimate of drug-likeness (QED) is 0.731. The van der Waals surface area contributed by atoms with Gasteiger partial charge in [-0.15, -0.1) is 0 Å². The number of nitriles is 1. The summed E-state index contributed by atoms with van der Waals surface area (Å²) in [7, 11) is 0. The molecule has 0 aliphatic rings. The summed E-state index contributed by atoms with van der Waals surface area (Å²) in [5.41, 5.74) is 1.27. The van der Waals surface area contributed by atoms with E-state index in [0.29, 0.717) is 16.9 Å². The van der Waals surface area contributed by atoms with E-state index in [1.54, 1.807) is 24.3 Å². The van der Waals surface area contributed by atoms with Gasteiger partial charge in [0.2, 0.25) is 5.88 Å². The van der Waals surface area contributed by atoms with Gasteiger partial charge in [0.1, 0.15) is 17.5 Å². The number of benzene rings is 1. The second kappa shape index (κ2) is 6.20. The van der Waals surface area contributed by atoms with E-state index in [-0.39, 0.29) is 11.6 Å². The highest BCUT2D eigenvalue weighted by molar-refractivity contribution is 5.64. The summed E-state index contributed by atoms with van der Waals surface area (Å²) >= 11 is 0. The van der Waals surface area contributed by atoms with E-state index in [4.69, 9.17) is 10.00 Å². The largest absolute Gasteiger partial charge is 0.437 e. The minimum absolute atomic E-state index is 0.229. The molecule has 0 saturated carbocycles. The van der Waals surface area contributed by atoms with Crippen LogP contribution < -0.4 is 4.74 Å². The number of rotatable bonds is 3. The first-order chi connectivity index (χ1) is 11.2. The molecular weight excluding hydrogens is 300 g/mol. The minimum Gasteiger partial charge on any atom is -0.437 e. The summed E-state index contributed by atoms with van der Waals surface area (Å²) in [5, 5.41) is 8.82. The van der Waals surface area contributed by atoms with Gasteiger partial charge in [-0.25, -0.2) is 13.8 Å². The predicted molar refractivity (Wildman–Crippen MR) is 78.6 cm³/mol. The maximum absolute atomic E-state index is 13.3. The Balaban J connectivity index is 1.90. The molecule has 0 atom stereocenters. The molecular formula is C17H9F2N3O. The average molecular weight is 309 g/mol. The Morgan fingerprint density at radius 3 is 2.61 bits per heavy atom. The molecule has 0 radical (unpaired) electrons. The van der Waals surface area contributed by atoms with E-state index in [1.165, 1.54) is 18.5 Å². The zero-order valence-corrected chi connectivity index (χ0v) is 11.7. The van der Waals surface area contributed by atoms with Gasteiger partial charge in [-0.05, 0) is 29.8 Å². The van der Waals surface area contributed by atoms with E-state index in [9.17, 15) is 8.78 Å². The van der Waals surface area contributed by atoms with Crippen molar-refractivity contribution in [3.63, 3.8) is 0 Å². The average Bonchev–Trinajstić information content (AvgIpc) is 2.58. The summed E-state index contributed by atoms with van der Waals surface area (Å²) < 4.78 is 31.9. The van der Waals surface area contributed by atoms with Crippen molar-refractivity contribution in [2.24, 2.45) is 0 Å². The summed E-state index contributed by atoms with van der Waals surface area (Å²) in [6.07, 6.45) is 2.97. The van der Waals surface area contributed by atoms with Gasteiger partial charge in [0.15, 0.2) is 11.6 Å². The molecule has 2 heterocycles. The number of ether oxygens (including phenoxy) is 1. The molecule has 3 rings (SSSR count). The van der Waals surface area contributed by atoms with Gasteiger partial charge in [-0.3, -0.25) is 4.98 Å². The lowest BCUT2D eigenvalue weighted by Gasteiger charge is -2.07. The first-order valence-electron chi connectivity index (χ1n) is 6.61. The van der Waals surface area contributed by atoms with Crippen LogP contribution in [0.1, 0.15) is 5.69 Å². The summed E-state index contributed by atoms with van der Waals surface area (Å²) in [6, 6.07) is 11.9. The lowest BCUT2D eigenvalue weighted by molar-refractivity contribution is 0.460. The van der Waals surface area contributed by atoms with Crippen molar-refractivity contribution in [1.29, 1.82) is 5.26 Å². The molecule has 0 fully saturated rings. The molecule has 0 N–H and O–H groups in total. The lowest BCUT2D eigenvalue weighted by Crippen LogP contribution is -1.92. The zero-order chi connectivity index (χ0) is 16.2. The van der Waals surface area contributed by atoms with Crippen molar-refractivity contribution in [1.82, 2.24) is 9.97 Å². The first-order valence-corrected chi connectivity index (χ1v) is 6.61. The highest BCUT2D eigenvalue weighted by atomic mass is 19.2. The van der Waals surface area contributed by atoms with E-state index in [1.807, 2.05) is 6.07 Å². The molecule has 1 aromatic carbocycles. The van der Waals surface area contributed by atoms with Gasteiger partial charge in [0, 0.05) is 17.8 Å². The molecule has 3 aromatic rings. The van der Waals surface area contributed by atoms with Gasteiger partial charge >= 0.3 is 0 Å². The van der Waals surface area contributed by atoms with Gasteiger partial charge < -0.3 is 4.74 Å². The van der Waals surface area contributed by atoms with Crippen molar-refractivity contribution in [3.05, 3.63) is 72.2 Å². The molecule has 0 aliphatic carbocycles. The fraction of sp³-hybridized carbons (Fsp3) is 0. The van der Waals surface area contributed by atoms with E-state index >= 15 is 0 Å². The Bertz CT molecular complexity index is 906. The van der Waals surface area contributed by atoms with E-state index < -0.39 is 11.6 Å². The molecule has 0 spiro atoms. The van der Waals surface area contributed by atoms with Crippen molar-refractivity contribution in [2.45, 2.75) is 0 Å². The summed E-state index contributed by atoms with van der Waals surface area (Å²) in [4.78, 5) is 8.01. The normalized spacial score (nSPS) is 10.1. The van der Waals surface area contributed by atoms with Crippen LogP contribution in [0, 0.1) is 23.0 Å². The van der Waals surface area contributed by atoms with Crippen molar-refractivity contribution >= 4 is 0 Å². The van der Waals surface area contributed by atoms with Crippen LogP contribution in [0.4, 0.5) is 8.78 Å². The zero-order valence-electron chi connectivity index (χ0n) is 11.7. The van der Waals surface area contributed by atoms with Crippen LogP contribution in [0.2, 0.25) is 0 Å². The minimum atomic E-state index is -0.933. The van der Waals surface area contributed by atoms with E-state index in [2.05, 4.69) is 9.97 Å².